The lowest BCUT2D eigenvalue weighted by atomic mass is 10.0. The first kappa shape index (κ1) is 26.8. The molecule has 7 nitrogen and oxygen atoms in total. The molecule has 1 aromatic carbocycles. The van der Waals surface area contributed by atoms with Crippen molar-refractivity contribution in [3.8, 4) is 11.5 Å². The normalized spacial score (nSPS) is 15.8. The third kappa shape index (κ3) is 11.2. The Bertz CT molecular complexity index is 598. The number of aliphatic imine (C=N–C) groups is 1. The van der Waals surface area contributed by atoms with E-state index in [-0.39, 0.29) is 30.1 Å². The SMILES string of the molecule is CCNC(=NCC(C)Oc1cccc(OC)c1)NCCCOCC1CCOCC1.I. The van der Waals surface area contributed by atoms with Crippen molar-refractivity contribution in [1.29, 1.82) is 0 Å². The zero-order chi connectivity index (χ0) is 20.7. The number of nitrogens with one attached hydrogen (secondary N) is 2. The van der Waals surface area contributed by atoms with Crippen LogP contribution >= 0.6 is 24.0 Å². The van der Waals surface area contributed by atoms with E-state index < -0.39 is 0 Å². The molecule has 0 amide bonds. The van der Waals surface area contributed by atoms with Crippen LogP contribution in [0.1, 0.15) is 33.1 Å². The van der Waals surface area contributed by atoms with Crippen molar-refractivity contribution in [2.24, 2.45) is 10.9 Å². The van der Waals surface area contributed by atoms with Gasteiger partial charge in [0.15, 0.2) is 5.96 Å². The fraction of sp³-hybridized carbons (Fsp3) is 0.682. The summed E-state index contributed by atoms with van der Waals surface area (Å²) in [6, 6.07) is 7.62. The molecule has 1 aromatic rings. The van der Waals surface area contributed by atoms with Gasteiger partial charge in [0.25, 0.3) is 0 Å². The minimum atomic E-state index is -0.0413. The van der Waals surface area contributed by atoms with E-state index >= 15 is 0 Å². The number of ether oxygens (including phenoxy) is 4. The Kier molecular flexibility index (Phi) is 14.7. The summed E-state index contributed by atoms with van der Waals surface area (Å²) in [5.41, 5.74) is 0. The summed E-state index contributed by atoms with van der Waals surface area (Å²) in [5, 5.41) is 6.63. The maximum absolute atomic E-state index is 5.93. The average Bonchev–Trinajstić information content (AvgIpc) is 2.75. The molecule has 8 heteroatoms. The van der Waals surface area contributed by atoms with Gasteiger partial charge in [0.2, 0.25) is 0 Å². The van der Waals surface area contributed by atoms with Crippen molar-refractivity contribution in [2.75, 3.05) is 53.2 Å². The fourth-order valence-electron chi connectivity index (χ4n) is 3.05. The van der Waals surface area contributed by atoms with E-state index in [0.29, 0.717) is 12.5 Å². The summed E-state index contributed by atoms with van der Waals surface area (Å²) in [4.78, 5) is 4.63. The van der Waals surface area contributed by atoms with Crippen molar-refractivity contribution in [1.82, 2.24) is 10.6 Å². The van der Waals surface area contributed by atoms with Crippen molar-refractivity contribution >= 4 is 29.9 Å². The van der Waals surface area contributed by atoms with E-state index in [9.17, 15) is 0 Å². The van der Waals surface area contributed by atoms with Crippen LogP contribution in [0.25, 0.3) is 0 Å². The molecule has 0 spiro atoms. The van der Waals surface area contributed by atoms with Gasteiger partial charge in [0.1, 0.15) is 17.6 Å². The van der Waals surface area contributed by atoms with Gasteiger partial charge in [-0.15, -0.1) is 24.0 Å². The van der Waals surface area contributed by atoms with E-state index in [1.165, 1.54) is 0 Å². The van der Waals surface area contributed by atoms with Crippen LogP contribution in [0.4, 0.5) is 0 Å². The minimum absolute atomic E-state index is 0. The van der Waals surface area contributed by atoms with Gasteiger partial charge in [-0.2, -0.15) is 0 Å². The first-order valence-corrected chi connectivity index (χ1v) is 10.7. The van der Waals surface area contributed by atoms with Gasteiger partial charge >= 0.3 is 0 Å². The molecule has 0 bridgehead atoms. The van der Waals surface area contributed by atoms with Crippen LogP contribution in [0.2, 0.25) is 0 Å². The van der Waals surface area contributed by atoms with Gasteiger partial charge in [-0.1, -0.05) is 6.07 Å². The Labute approximate surface area is 198 Å². The predicted molar refractivity (Wildman–Crippen MR) is 131 cm³/mol. The lowest BCUT2D eigenvalue weighted by Crippen LogP contribution is -2.38. The summed E-state index contributed by atoms with van der Waals surface area (Å²) in [5.74, 6) is 3.03. The molecule has 1 aliphatic heterocycles. The first-order chi connectivity index (χ1) is 14.2. The molecule has 1 aliphatic rings. The molecule has 2 rings (SSSR count). The zero-order valence-corrected chi connectivity index (χ0v) is 20.9. The van der Waals surface area contributed by atoms with Crippen LogP contribution in [0, 0.1) is 5.92 Å². The smallest absolute Gasteiger partial charge is 0.191 e. The summed E-state index contributed by atoms with van der Waals surface area (Å²) < 4.78 is 22.3. The van der Waals surface area contributed by atoms with Crippen molar-refractivity contribution in [2.45, 2.75) is 39.2 Å². The highest BCUT2D eigenvalue weighted by Crippen LogP contribution is 2.20. The lowest BCUT2D eigenvalue weighted by molar-refractivity contribution is 0.0203. The molecular formula is C22H38IN3O4. The third-order valence-electron chi connectivity index (χ3n) is 4.68. The molecule has 0 saturated carbocycles. The standard InChI is InChI=1S/C22H37N3O4.HI/c1-4-23-22(24-11-6-12-28-17-19-9-13-27-14-10-19)25-16-18(2)29-21-8-5-7-20(15-21)26-3;/h5,7-8,15,18-19H,4,6,9-14,16-17H2,1-3H3,(H2,23,24,25);1H. The zero-order valence-electron chi connectivity index (χ0n) is 18.5. The predicted octanol–water partition coefficient (Wildman–Crippen LogP) is 3.47. The molecule has 0 aliphatic carbocycles. The summed E-state index contributed by atoms with van der Waals surface area (Å²) in [6.07, 6.45) is 3.14. The van der Waals surface area contributed by atoms with Crippen LogP contribution < -0.4 is 20.1 Å². The molecule has 172 valence electrons. The Morgan fingerprint density at radius 2 is 2.00 bits per heavy atom. The van der Waals surface area contributed by atoms with Gasteiger partial charge < -0.3 is 29.6 Å². The Hall–Kier alpha value is -1.26. The first-order valence-electron chi connectivity index (χ1n) is 10.7. The highest BCUT2D eigenvalue weighted by atomic mass is 127. The van der Waals surface area contributed by atoms with E-state index in [4.69, 9.17) is 18.9 Å². The number of hydrogen-bond donors (Lipinski definition) is 2. The molecule has 30 heavy (non-hydrogen) atoms. The Morgan fingerprint density at radius 1 is 1.23 bits per heavy atom. The second kappa shape index (κ2) is 16.4. The van der Waals surface area contributed by atoms with Crippen LogP contribution in [0.5, 0.6) is 11.5 Å². The molecule has 0 radical (unpaired) electrons. The maximum Gasteiger partial charge on any atom is 0.191 e. The summed E-state index contributed by atoms with van der Waals surface area (Å²) in [7, 11) is 1.65. The van der Waals surface area contributed by atoms with Crippen LogP contribution in [-0.4, -0.2) is 65.2 Å². The Balaban J connectivity index is 0.00000450. The van der Waals surface area contributed by atoms with E-state index in [1.807, 2.05) is 31.2 Å². The quantitative estimate of drug-likeness (QED) is 0.185. The molecule has 2 N–H and O–H groups in total. The minimum Gasteiger partial charge on any atom is -0.497 e. The van der Waals surface area contributed by atoms with E-state index in [2.05, 4.69) is 22.5 Å². The lowest BCUT2D eigenvalue weighted by Gasteiger charge is -2.21. The largest absolute Gasteiger partial charge is 0.497 e. The number of nitrogens with zero attached hydrogens (tertiary/aromatic N) is 1. The summed E-state index contributed by atoms with van der Waals surface area (Å²) in [6.45, 7) is 9.63. The molecule has 1 fully saturated rings. The molecule has 1 unspecified atom stereocenters. The highest BCUT2D eigenvalue weighted by Gasteiger charge is 2.13. The highest BCUT2D eigenvalue weighted by molar-refractivity contribution is 14.0. The van der Waals surface area contributed by atoms with Crippen LogP contribution in [0.3, 0.4) is 0 Å². The van der Waals surface area contributed by atoms with Crippen molar-refractivity contribution < 1.29 is 18.9 Å². The number of hydrogen-bond acceptors (Lipinski definition) is 5. The molecular weight excluding hydrogens is 497 g/mol. The monoisotopic (exact) mass is 535 g/mol. The van der Waals surface area contributed by atoms with Crippen molar-refractivity contribution in [3.63, 3.8) is 0 Å². The van der Waals surface area contributed by atoms with Crippen LogP contribution in [-0.2, 0) is 9.47 Å². The number of methoxy groups -OCH3 is 1. The third-order valence-corrected chi connectivity index (χ3v) is 4.68. The van der Waals surface area contributed by atoms with Gasteiger partial charge in [0.05, 0.1) is 13.7 Å². The number of benzene rings is 1. The number of guanidine groups is 1. The second-order valence-electron chi connectivity index (χ2n) is 7.24. The fourth-order valence-corrected chi connectivity index (χ4v) is 3.05. The number of halogens is 1. The molecule has 1 saturated heterocycles. The van der Waals surface area contributed by atoms with Gasteiger partial charge in [0, 0.05) is 45.6 Å². The van der Waals surface area contributed by atoms with E-state index in [0.717, 1.165) is 76.2 Å². The topological polar surface area (TPSA) is 73.3 Å². The molecule has 0 aromatic heterocycles. The van der Waals surface area contributed by atoms with Crippen LogP contribution in [0.15, 0.2) is 29.3 Å². The van der Waals surface area contributed by atoms with Gasteiger partial charge in [-0.3, -0.25) is 0 Å². The maximum atomic E-state index is 5.93. The van der Waals surface area contributed by atoms with Crippen molar-refractivity contribution in [3.05, 3.63) is 24.3 Å². The van der Waals surface area contributed by atoms with E-state index in [1.54, 1.807) is 7.11 Å². The summed E-state index contributed by atoms with van der Waals surface area (Å²) >= 11 is 0. The molecule has 1 atom stereocenters. The average molecular weight is 535 g/mol. The molecule has 1 heterocycles. The Morgan fingerprint density at radius 3 is 2.73 bits per heavy atom. The second-order valence-corrected chi connectivity index (χ2v) is 7.24. The van der Waals surface area contributed by atoms with Gasteiger partial charge in [-0.25, -0.2) is 4.99 Å². The van der Waals surface area contributed by atoms with Gasteiger partial charge in [-0.05, 0) is 51.2 Å². The number of rotatable bonds is 12.